The number of hydrogen-bond acceptors (Lipinski definition) is 4. The molecule has 0 bridgehead atoms. The Labute approximate surface area is 90.5 Å². The fourth-order valence-electron chi connectivity index (χ4n) is 1.05. The van der Waals surface area contributed by atoms with Crippen LogP contribution in [0.15, 0.2) is 29.6 Å². The Morgan fingerprint density at radius 2 is 2.29 bits per heavy atom. The number of aromatic nitrogens is 1. The average Bonchev–Trinajstić information content (AvgIpc) is 2.51. The van der Waals surface area contributed by atoms with E-state index in [9.17, 15) is 0 Å². The second-order valence-electron chi connectivity index (χ2n) is 2.73. The van der Waals surface area contributed by atoms with Crippen molar-refractivity contribution in [2.75, 3.05) is 11.1 Å². The summed E-state index contributed by atoms with van der Waals surface area (Å²) in [5.41, 5.74) is 7.27. The summed E-state index contributed by atoms with van der Waals surface area (Å²) in [5, 5.41) is 6.15. The summed E-state index contributed by atoms with van der Waals surface area (Å²) in [6.45, 7) is 0. The van der Waals surface area contributed by atoms with E-state index in [4.69, 9.17) is 17.3 Å². The number of anilines is 3. The van der Waals surface area contributed by atoms with Crippen molar-refractivity contribution in [3.63, 3.8) is 0 Å². The molecule has 0 radical (unpaired) electrons. The van der Waals surface area contributed by atoms with E-state index in [1.54, 1.807) is 5.38 Å². The zero-order valence-electron chi connectivity index (χ0n) is 7.20. The van der Waals surface area contributed by atoms with Crippen LogP contribution in [0, 0.1) is 0 Å². The highest BCUT2D eigenvalue weighted by Gasteiger charge is 1.99. The lowest BCUT2D eigenvalue weighted by Crippen LogP contribution is -1.91. The van der Waals surface area contributed by atoms with Crippen molar-refractivity contribution >= 4 is 39.4 Å². The predicted octanol–water partition coefficient (Wildman–Crippen LogP) is 3.12. The number of thiazole rings is 1. The highest BCUT2D eigenvalue weighted by atomic mass is 35.5. The standard InChI is InChI=1S/C9H8ClN3S/c10-8-5-14-9(13-8)12-7-3-1-2-6(11)4-7/h1-5H,11H2,(H,12,13). The smallest absolute Gasteiger partial charge is 0.188 e. The van der Waals surface area contributed by atoms with Gasteiger partial charge >= 0.3 is 0 Å². The Balaban J connectivity index is 2.18. The van der Waals surface area contributed by atoms with Gasteiger partial charge in [0, 0.05) is 16.8 Å². The van der Waals surface area contributed by atoms with Gasteiger partial charge in [0.2, 0.25) is 0 Å². The number of halogens is 1. The molecular weight excluding hydrogens is 218 g/mol. The molecule has 0 amide bonds. The molecule has 0 spiro atoms. The molecule has 72 valence electrons. The summed E-state index contributed by atoms with van der Waals surface area (Å²) < 4.78 is 0. The van der Waals surface area contributed by atoms with Crippen molar-refractivity contribution in [3.8, 4) is 0 Å². The Hall–Kier alpha value is -1.26. The summed E-state index contributed by atoms with van der Waals surface area (Å²) >= 11 is 7.15. The average molecular weight is 226 g/mol. The Morgan fingerprint density at radius 1 is 1.43 bits per heavy atom. The molecule has 0 aliphatic rings. The van der Waals surface area contributed by atoms with E-state index < -0.39 is 0 Å². The largest absolute Gasteiger partial charge is 0.399 e. The first-order valence-electron chi connectivity index (χ1n) is 3.97. The summed E-state index contributed by atoms with van der Waals surface area (Å²) in [4.78, 5) is 4.07. The topological polar surface area (TPSA) is 50.9 Å². The molecular formula is C9H8ClN3S. The molecule has 2 aromatic rings. The van der Waals surface area contributed by atoms with Gasteiger partial charge in [0.25, 0.3) is 0 Å². The minimum absolute atomic E-state index is 0.501. The maximum absolute atomic E-state index is 5.69. The SMILES string of the molecule is Nc1cccc(Nc2nc(Cl)cs2)c1. The first kappa shape index (κ1) is 9.30. The van der Waals surface area contributed by atoms with Crippen LogP contribution in [-0.4, -0.2) is 4.98 Å². The third-order valence-corrected chi connectivity index (χ3v) is 2.69. The number of nitrogen functional groups attached to an aromatic ring is 1. The maximum Gasteiger partial charge on any atom is 0.188 e. The zero-order chi connectivity index (χ0) is 9.97. The van der Waals surface area contributed by atoms with E-state index >= 15 is 0 Å². The van der Waals surface area contributed by atoms with Gasteiger partial charge in [-0.15, -0.1) is 11.3 Å². The molecule has 14 heavy (non-hydrogen) atoms. The van der Waals surface area contributed by atoms with Gasteiger partial charge in [-0.2, -0.15) is 0 Å². The fraction of sp³-hybridized carbons (Fsp3) is 0. The van der Waals surface area contributed by atoms with Gasteiger partial charge in [0.15, 0.2) is 5.13 Å². The lowest BCUT2D eigenvalue weighted by Gasteiger charge is -2.02. The van der Waals surface area contributed by atoms with Crippen LogP contribution in [-0.2, 0) is 0 Å². The molecule has 0 fully saturated rings. The second-order valence-corrected chi connectivity index (χ2v) is 3.97. The van der Waals surface area contributed by atoms with Crippen molar-refractivity contribution < 1.29 is 0 Å². The van der Waals surface area contributed by atoms with Crippen molar-refractivity contribution in [2.24, 2.45) is 0 Å². The summed E-state index contributed by atoms with van der Waals surface area (Å²) in [6, 6.07) is 7.48. The molecule has 1 aromatic heterocycles. The third kappa shape index (κ3) is 2.16. The molecule has 3 N–H and O–H groups in total. The number of rotatable bonds is 2. The Morgan fingerprint density at radius 3 is 2.93 bits per heavy atom. The molecule has 2 rings (SSSR count). The molecule has 0 aliphatic carbocycles. The molecule has 0 aliphatic heterocycles. The van der Waals surface area contributed by atoms with Crippen LogP contribution in [0.5, 0.6) is 0 Å². The zero-order valence-corrected chi connectivity index (χ0v) is 8.77. The summed E-state index contributed by atoms with van der Waals surface area (Å²) in [6.07, 6.45) is 0. The molecule has 3 nitrogen and oxygen atoms in total. The lowest BCUT2D eigenvalue weighted by molar-refractivity contribution is 1.39. The second kappa shape index (κ2) is 3.86. The van der Waals surface area contributed by atoms with Crippen molar-refractivity contribution in [1.29, 1.82) is 0 Å². The highest BCUT2D eigenvalue weighted by molar-refractivity contribution is 7.14. The van der Waals surface area contributed by atoms with Crippen LogP contribution < -0.4 is 11.1 Å². The van der Waals surface area contributed by atoms with Crippen LogP contribution in [0.3, 0.4) is 0 Å². The van der Waals surface area contributed by atoms with E-state index in [2.05, 4.69) is 10.3 Å². The van der Waals surface area contributed by atoms with Crippen LogP contribution in [0.4, 0.5) is 16.5 Å². The van der Waals surface area contributed by atoms with Gasteiger partial charge in [0.05, 0.1) is 0 Å². The van der Waals surface area contributed by atoms with E-state index in [1.807, 2.05) is 24.3 Å². The fourth-order valence-corrected chi connectivity index (χ4v) is 1.91. The molecule has 0 saturated carbocycles. The normalized spacial score (nSPS) is 10.1. The quantitative estimate of drug-likeness (QED) is 0.773. The van der Waals surface area contributed by atoms with Gasteiger partial charge < -0.3 is 11.1 Å². The number of hydrogen-bond donors (Lipinski definition) is 2. The van der Waals surface area contributed by atoms with Gasteiger partial charge in [-0.3, -0.25) is 0 Å². The Kier molecular flexibility index (Phi) is 2.56. The predicted molar refractivity (Wildman–Crippen MR) is 61.3 cm³/mol. The number of nitrogens with zero attached hydrogens (tertiary/aromatic N) is 1. The Bertz CT molecular complexity index is 441. The van der Waals surface area contributed by atoms with E-state index in [-0.39, 0.29) is 0 Å². The number of nitrogens with two attached hydrogens (primary N) is 1. The minimum Gasteiger partial charge on any atom is -0.399 e. The first-order valence-corrected chi connectivity index (χ1v) is 5.23. The van der Waals surface area contributed by atoms with Crippen LogP contribution in [0.25, 0.3) is 0 Å². The minimum atomic E-state index is 0.501. The van der Waals surface area contributed by atoms with Gasteiger partial charge in [-0.25, -0.2) is 4.98 Å². The molecule has 0 atom stereocenters. The van der Waals surface area contributed by atoms with Crippen molar-refractivity contribution in [2.45, 2.75) is 0 Å². The third-order valence-electron chi connectivity index (χ3n) is 1.61. The van der Waals surface area contributed by atoms with E-state index in [0.29, 0.717) is 5.15 Å². The molecule has 5 heteroatoms. The monoisotopic (exact) mass is 225 g/mol. The van der Waals surface area contributed by atoms with E-state index in [1.165, 1.54) is 11.3 Å². The van der Waals surface area contributed by atoms with Crippen molar-refractivity contribution in [1.82, 2.24) is 4.98 Å². The van der Waals surface area contributed by atoms with Gasteiger partial charge in [0.1, 0.15) is 5.15 Å². The molecule has 1 heterocycles. The molecule has 0 saturated heterocycles. The van der Waals surface area contributed by atoms with Crippen LogP contribution in [0.1, 0.15) is 0 Å². The highest BCUT2D eigenvalue weighted by Crippen LogP contribution is 2.23. The molecule has 1 aromatic carbocycles. The number of benzene rings is 1. The maximum atomic E-state index is 5.69. The van der Waals surface area contributed by atoms with Gasteiger partial charge in [-0.1, -0.05) is 17.7 Å². The van der Waals surface area contributed by atoms with Crippen LogP contribution >= 0.6 is 22.9 Å². The number of nitrogens with one attached hydrogen (secondary N) is 1. The summed E-state index contributed by atoms with van der Waals surface area (Å²) in [5.74, 6) is 0. The van der Waals surface area contributed by atoms with E-state index in [0.717, 1.165) is 16.5 Å². The van der Waals surface area contributed by atoms with Gasteiger partial charge in [-0.05, 0) is 18.2 Å². The van der Waals surface area contributed by atoms with Crippen LogP contribution in [0.2, 0.25) is 5.15 Å². The summed E-state index contributed by atoms with van der Waals surface area (Å²) in [7, 11) is 0. The lowest BCUT2D eigenvalue weighted by atomic mass is 10.3. The molecule has 0 unspecified atom stereocenters. The first-order chi connectivity index (χ1) is 6.74. The van der Waals surface area contributed by atoms with Crippen molar-refractivity contribution in [3.05, 3.63) is 34.8 Å².